The molecule has 0 atom stereocenters. The third kappa shape index (κ3) is 7.08. The molecule has 0 radical (unpaired) electrons. The molecule has 2 heteroatoms. The Morgan fingerprint density at radius 1 is 0.778 bits per heavy atom. The molecule has 0 aliphatic carbocycles. The van der Waals surface area contributed by atoms with E-state index in [1.807, 2.05) is 0 Å². The summed E-state index contributed by atoms with van der Waals surface area (Å²) in [6.07, 6.45) is 8.83. The molecule has 0 N–H and O–H groups in total. The van der Waals surface area contributed by atoms with Crippen molar-refractivity contribution in [2.24, 2.45) is 17.8 Å². The van der Waals surface area contributed by atoms with Crippen LogP contribution in [-0.4, -0.2) is 24.6 Å². The van der Waals surface area contributed by atoms with Crippen molar-refractivity contribution >= 4 is 26.3 Å². The van der Waals surface area contributed by atoms with Gasteiger partial charge in [-0.1, -0.05) is 0 Å². The van der Waals surface area contributed by atoms with Crippen LogP contribution < -0.4 is 0 Å². The first-order valence-electron chi connectivity index (χ1n) is 7.83. The molecule has 0 aliphatic heterocycles. The first kappa shape index (κ1) is 19.2. The fourth-order valence-corrected chi connectivity index (χ4v) is 19.5. The van der Waals surface area contributed by atoms with Gasteiger partial charge < -0.3 is 0 Å². The fraction of sp³-hybridized carbons (Fsp3) is 1.00. The zero-order valence-corrected chi connectivity index (χ0v) is 16.9. The van der Waals surface area contributed by atoms with Crippen LogP contribution in [0.5, 0.6) is 0 Å². The summed E-state index contributed by atoms with van der Waals surface area (Å²) in [5.74, 6) is 2.57. The quantitative estimate of drug-likeness (QED) is 0.307. The van der Waals surface area contributed by atoms with Crippen molar-refractivity contribution in [3.63, 3.8) is 0 Å². The molecular formula is C16H36IP. The average molecular weight is 386 g/mol. The van der Waals surface area contributed by atoms with E-state index in [0.717, 1.165) is 17.8 Å². The number of rotatable bonds is 9. The molecule has 0 aromatic carbocycles. The predicted octanol–water partition coefficient (Wildman–Crippen LogP) is 6.66. The second-order valence-electron chi connectivity index (χ2n) is 7.63. The Balaban J connectivity index is 5.21. The molecule has 0 heterocycles. The standard InChI is InChI=1S/C16H36IP/c1-8-9-10-18(17,11-14(2)3,12-15(4)5)13-16(6)7/h14-16H,8-13H2,1-7H3. The predicted molar refractivity (Wildman–Crippen MR) is 99.8 cm³/mol. The van der Waals surface area contributed by atoms with Crippen LogP contribution in [0.1, 0.15) is 61.3 Å². The van der Waals surface area contributed by atoms with Crippen LogP contribution in [0.2, 0.25) is 0 Å². The zero-order chi connectivity index (χ0) is 14.4. The Morgan fingerprint density at radius 3 is 1.33 bits per heavy atom. The molecular weight excluding hydrogens is 350 g/mol. The maximum atomic E-state index is 3.01. The number of hydrogen-bond donors (Lipinski definition) is 0. The molecule has 0 saturated heterocycles. The van der Waals surface area contributed by atoms with E-state index in [0.29, 0.717) is 0 Å². The molecule has 0 aromatic heterocycles. The normalized spacial score (nSPS) is 15.4. The third-order valence-electron chi connectivity index (χ3n) is 3.53. The first-order chi connectivity index (χ1) is 8.11. The summed E-state index contributed by atoms with van der Waals surface area (Å²) in [5.41, 5.74) is 0. The average Bonchev–Trinajstić information content (AvgIpc) is 2.10. The van der Waals surface area contributed by atoms with Gasteiger partial charge in [0.25, 0.3) is 0 Å². The van der Waals surface area contributed by atoms with Crippen molar-refractivity contribution < 1.29 is 0 Å². The Hall–Kier alpha value is 1.16. The van der Waals surface area contributed by atoms with E-state index in [4.69, 9.17) is 0 Å². The molecule has 0 saturated carbocycles. The molecule has 18 heavy (non-hydrogen) atoms. The molecule has 112 valence electrons. The maximum absolute atomic E-state index is 3.01. The molecule has 0 bridgehead atoms. The van der Waals surface area contributed by atoms with Crippen LogP contribution in [0, 0.1) is 17.8 Å². The zero-order valence-electron chi connectivity index (χ0n) is 13.8. The fourth-order valence-electron chi connectivity index (χ4n) is 3.79. The molecule has 0 aromatic rings. The van der Waals surface area contributed by atoms with Gasteiger partial charge >= 0.3 is 130 Å². The second-order valence-corrected chi connectivity index (χ2v) is 21.0. The van der Waals surface area contributed by atoms with Crippen molar-refractivity contribution in [1.82, 2.24) is 0 Å². The van der Waals surface area contributed by atoms with Crippen molar-refractivity contribution in [3.8, 4) is 0 Å². The van der Waals surface area contributed by atoms with Crippen LogP contribution in [-0.2, 0) is 0 Å². The van der Waals surface area contributed by atoms with Gasteiger partial charge in [-0.2, -0.15) is 0 Å². The molecule has 0 spiro atoms. The van der Waals surface area contributed by atoms with Gasteiger partial charge in [-0.05, 0) is 0 Å². The van der Waals surface area contributed by atoms with Crippen LogP contribution in [0.3, 0.4) is 0 Å². The number of halogens is 1. The molecule has 0 aliphatic rings. The Kier molecular flexibility index (Phi) is 8.32. The molecule has 0 fully saturated rings. The Morgan fingerprint density at radius 2 is 1.11 bits per heavy atom. The van der Waals surface area contributed by atoms with E-state index in [1.165, 1.54) is 37.5 Å². The van der Waals surface area contributed by atoms with E-state index >= 15 is 0 Å². The molecule has 0 nitrogen and oxygen atoms in total. The summed E-state index contributed by atoms with van der Waals surface area (Å²) in [4.78, 5) is 0. The minimum atomic E-state index is -1.52. The number of unbranched alkanes of at least 4 members (excludes halogenated alkanes) is 1. The van der Waals surface area contributed by atoms with Gasteiger partial charge in [0, 0.05) is 0 Å². The van der Waals surface area contributed by atoms with Crippen molar-refractivity contribution in [1.29, 1.82) is 0 Å². The Labute approximate surface area is 129 Å². The van der Waals surface area contributed by atoms with E-state index < -0.39 is 4.25 Å². The van der Waals surface area contributed by atoms with E-state index in [9.17, 15) is 0 Å². The number of hydrogen-bond acceptors (Lipinski definition) is 0. The Bertz CT molecular complexity index is 204. The topological polar surface area (TPSA) is 0 Å². The van der Waals surface area contributed by atoms with E-state index in [1.54, 1.807) is 0 Å². The monoisotopic (exact) mass is 386 g/mol. The second kappa shape index (κ2) is 7.81. The summed E-state index contributed by atoms with van der Waals surface area (Å²) < 4.78 is -1.52. The van der Waals surface area contributed by atoms with Gasteiger partial charge in [0.15, 0.2) is 0 Å². The third-order valence-corrected chi connectivity index (χ3v) is 14.9. The van der Waals surface area contributed by atoms with Gasteiger partial charge in [-0.25, -0.2) is 0 Å². The van der Waals surface area contributed by atoms with E-state index in [-0.39, 0.29) is 0 Å². The summed E-state index contributed by atoms with van der Waals surface area (Å²) in [5, 5.41) is 0. The van der Waals surface area contributed by atoms with Crippen molar-refractivity contribution in [2.45, 2.75) is 61.3 Å². The van der Waals surface area contributed by atoms with Crippen LogP contribution in [0.25, 0.3) is 0 Å². The SMILES string of the molecule is CCCCP(I)(CC(C)C)(CC(C)C)CC(C)C. The van der Waals surface area contributed by atoms with Gasteiger partial charge in [-0.15, -0.1) is 0 Å². The van der Waals surface area contributed by atoms with Crippen LogP contribution >= 0.6 is 26.3 Å². The molecule has 0 amide bonds. The van der Waals surface area contributed by atoms with Gasteiger partial charge in [0.05, 0.1) is 0 Å². The molecule has 0 rings (SSSR count). The van der Waals surface area contributed by atoms with Crippen LogP contribution in [0.4, 0.5) is 0 Å². The van der Waals surface area contributed by atoms with Gasteiger partial charge in [0.2, 0.25) is 0 Å². The summed E-state index contributed by atoms with van der Waals surface area (Å²) in [6.45, 7) is 16.9. The van der Waals surface area contributed by atoms with Crippen LogP contribution in [0.15, 0.2) is 0 Å². The summed E-state index contributed by atoms with van der Waals surface area (Å²) in [6, 6.07) is 0. The summed E-state index contributed by atoms with van der Waals surface area (Å²) >= 11 is 3.01. The van der Waals surface area contributed by atoms with Crippen molar-refractivity contribution in [3.05, 3.63) is 0 Å². The van der Waals surface area contributed by atoms with Gasteiger partial charge in [0.1, 0.15) is 0 Å². The van der Waals surface area contributed by atoms with Crippen molar-refractivity contribution in [2.75, 3.05) is 24.6 Å². The van der Waals surface area contributed by atoms with Gasteiger partial charge in [-0.3, -0.25) is 0 Å². The minimum absolute atomic E-state index is 0.855. The first-order valence-corrected chi connectivity index (χ1v) is 13.6. The van der Waals surface area contributed by atoms with E-state index in [2.05, 4.69) is 70.5 Å². The summed E-state index contributed by atoms with van der Waals surface area (Å²) in [7, 11) is 0. The molecule has 0 unspecified atom stereocenters.